The Morgan fingerprint density at radius 2 is 1.67 bits per heavy atom. The van der Waals surface area contributed by atoms with E-state index in [0.29, 0.717) is 17.5 Å². The van der Waals surface area contributed by atoms with Gasteiger partial charge >= 0.3 is 0 Å². The van der Waals surface area contributed by atoms with Crippen LogP contribution >= 0.6 is 24.8 Å². The lowest BCUT2D eigenvalue weighted by molar-refractivity contribution is 0.162. The maximum Gasteiger partial charge on any atom is 0.200 e. The lowest BCUT2D eigenvalue weighted by Gasteiger charge is -2.35. The molecule has 0 saturated carbocycles. The van der Waals surface area contributed by atoms with Crippen molar-refractivity contribution < 1.29 is 14.6 Å². The SMILES string of the molecule is CCCC[C@H](c1cc(OC)c(O)c(OC)c1)N1CCNCC1.Cl.Cl. The molecule has 0 aliphatic carbocycles. The quantitative estimate of drug-likeness (QED) is 0.758. The Kier molecular flexibility index (Phi) is 11.2. The molecule has 0 spiro atoms. The minimum Gasteiger partial charge on any atom is -0.502 e. The summed E-state index contributed by atoms with van der Waals surface area (Å²) in [5.74, 6) is 1.03. The van der Waals surface area contributed by atoms with Gasteiger partial charge in [0.2, 0.25) is 5.75 Å². The van der Waals surface area contributed by atoms with Crippen LogP contribution in [-0.2, 0) is 0 Å². The molecule has 0 unspecified atom stereocenters. The lowest BCUT2D eigenvalue weighted by atomic mass is 9.98. The predicted molar refractivity (Wildman–Crippen MR) is 102 cm³/mol. The van der Waals surface area contributed by atoms with Crippen LogP contribution in [0, 0.1) is 0 Å². The second kappa shape index (κ2) is 11.6. The molecule has 0 amide bonds. The molecular formula is C17H30Cl2N2O3. The highest BCUT2D eigenvalue weighted by Crippen LogP contribution is 2.40. The summed E-state index contributed by atoms with van der Waals surface area (Å²) in [5.41, 5.74) is 1.15. The van der Waals surface area contributed by atoms with Gasteiger partial charge in [0.15, 0.2) is 11.5 Å². The number of methoxy groups -OCH3 is 2. The number of nitrogens with one attached hydrogen (secondary N) is 1. The Morgan fingerprint density at radius 3 is 2.12 bits per heavy atom. The summed E-state index contributed by atoms with van der Waals surface area (Å²) in [5, 5.41) is 13.5. The third kappa shape index (κ3) is 5.59. The molecule has 140 valence electrons. The Hall–Kier alpha value is -0.880. The molecule has 1 aliphatic rings. The van der Waals surface area contributed by atoms with Crippen LogP contribution in [0.2, 0.25) is 0 Å². The number of piperazine rings is 1. The maximum atomic E-state index is 10.1. The molecule has 5 nitrogen and oxygen atoms in total. The zero-order chi connectivity index (χ0) is 15.9. The second-order valence-electron chi connectivity index (χ2n) is 5.72. The van der Waals surface area contributed by atoms with Crippen LogP contribution in [0.1, 0.15) is 37.8 Å². The fraction of sp³-hybridized carbons (Fsp3) is 0.647. The number of unbranched alkanes of at least 4 members (excludes halogenated alkanes) is 1. The Balaban J connectivity index is 0.00000264. The number of nitrogens with zero attached hydrogens (tertiary/aromatic N) is 1. The van der Waals surface area contributed by atoms with Crippen molar-refractivity contribution in [2.45, 2.75) is 32.2 Å². The smallest absolute Gasteiger partial charge is 0.200 e. The van der Waals surface area contributed by atoms with Crippen molar-refractivity contribution in [1.29, 1.82) is 0 Å². The van der Waals surface area contributed by atoms with Gasteiger partial charge in [-0.2, -0.15) is 0 Å². The van der Waals surface area contributed by atoms with Gasteiger partial charge < -0.3 is 19.9 Å². The second-order valence-corrected chi connectivity index (χ2v) is 5.72. The summed E-state index contributed by atoms with van der Waals surface area (Å²) in [6, 6.07) is 4.23. The number of phenols is 1. The van der Waals surface area contributed by atoms with Crippen molar-refractivity contribution in [3.63, 3.8) is 0 Å². The zero-order valence-electron chi connectivity index (χ0n) is 14.7. The number of halogens is 2. The maximum absolute atomic E-state index is 10.1. The van der Waals surface area contributed by atoms with E-state index >= 15 is 0 Å². The normalized spacial score (nSPS) is 15.8. The first-order chi connectivity index (χ1) is 10.7. The van der Waals surface area contributed by atoms with Crippen LogP contribution in [0.3, 0.4) is 0 Å². The van der Waals surface area contributed by atoms with Crippen LogP contribution in [0.4, 0.5) is 0 Å². The molecule has 7 heteroatoms. The average Bonchev–Trinajstić information content (AvgIpc) is 2.57. The van der Waals surface area contributed by atoms with Crippen molar-refractivity contribution in [3.8, 4) is 17.2 Å². The first kappa shape index (κ1) is 23.1. The van der Waals surface area contributed by atoms with E-state index in [-0.39, 0.29) is 30.6 Å². The topological polar surface area (TPSA) is 54.0 Å². The van der Waals surface area contributed by atoms with Crippen molar-refractivity contribution in [2.24, 2.45) is 0 Å². The molecular weight excluding hydrogens is 351 g/mol. The number of hydrogen-bond donors (Lipinski definition) is 2. The molecule has 1 aromatic rings. The molecule has 2 N–H and O–H groups in total. The van der Waals surface area contributed by atoms with Crippen LogP contribution in [0.25, 0.3) is 0 Å². The number of benzene rings is 1. The molecule has 1 aliphatic heterocycles. The van der Waals surface area contributed by atoms with Crippen molar-refractivity contribution in [2.75, 3.05) is 40.4 Å². The average molecular weight is 381 g/mol. The van der Waals surface area contributed by atoms with Gasteiger partial charge in [-0.05, 0) is 24.1 Å². The highest BCUT2D eigenvalue weighted by molar-refractivity contribution is 5.85. The van der Waals surface area contributed by atoms with E-state index in [4.69, 9.17) is 9.47 Å². The number of hydrogen-bond acceptors (Lipinski definition) is 5. The summed E-state index contributed by atoms with van der Waals surface area (Å²) in [7, 11) is 3.15. The van der Waals surface area contributed by atoms with Crippen LogP contribution in [0.15, 0.2) is 12.1 Å². The minimum atomic E-state index is 0. The number of aromatic hydroxyl groups is 1. The van der Waals surface area contributed by atoms with Gasteiger partial charge in [0.1, 0.15) is 0 Å². The number of ether oxygens (including phenoxy) is 2. The van der Waals surface area contributed by atoms with E-state index < -0.39 is 0 Å². The van der Waals surface area contributed by atoms with Gasteiger partial charge in [0, 0.05) is 32.2 Å². The van der Waals surface area contributed by atoms with Gasteiger partial charge in [0.05, 0.1) is 14.2 Å². The minimum absolute atomic E-state index is 0. The summed E-state index contributed by atoms with van der Waals surface area (Å²) < 4.78 is 10.6. The van der Waals surface area contributed by atoms with E-state index in [2.05, 4.69) is 17.1 Å². The fourth-order valence-electron chi connectivity index (χ4n) is 3.06. The monoisotopic (exact) mass is 380 g/mol. The van der Waals surface area contributed by atoms with E-state index in [1.54, 1.807) is 14.2 Å². The molecule has 1 fully saturated rings. The first-order valence-corrected chi connectivity index (χ1v) is 8.10. The van der Waals surface area contributed by atoms with Gasteiger partial charge in [-0.3, -0.25) is 4.90 Å². The first-order valence-electron chi connectivity index (χ1n) is 8.10. The molecule has 0 bridgehead atoms. The molecule has 1 aromatic carbocycles. The van der Waals surface area contributed by atoms with Crippen molar-refractivity contribution >= 4 is 24.8 Å². The molecule has 1 saturated heterocycles. The summed E-state index contributed by atoms with van der Waals surface area (Å²) in [6.07, 6.45) is 3.46. The lowest BCUT2D eigenvalue weighted by Crippen LogP contribution is -2.45. The predicted octanol–water partition coefficient (Wildman–Crippen LogP) is 3.39. The van der Waals surface area contributed by atoms with E-state index in [1.807, 2.05) is 12.1 Å². The fourth-order valence-corrected chi connectivity index (χ4v) is 3.06. The Morgan fingerprint density at radius 1 is 1.12 bits per heavy atom. The highest BCUT2D eigenvalue weighted by Gasteiger charge is 2.24. The van der Waals surface area contributed by atoms with Crippen LogP contribution in [0.5, 0.6) is 17.2 Å². The molecule has 1 heterocycles. The Bertz CT molecular complexity index is 458. The molecule has 24 heavy (non-hydrogen) atoms. The number of phenolic OH excluding ortho intramolecular Hbond substituents is 1. The molecule has 0 aromatic heterocycles. The van der Waals surface area contributed by atoms with Crippen molar-refractivity contribution in [3.05, 3.63) is 17.7 Å². The molecule has 0 radical (unpaired) electrons. The van der Waals surface area contributed by atoms with Gasteiger partial charge in [-0.15, -0.1) is 24.8 Å². The largest absolute Gasteiger partial charge is 0.502 e. The number of rotatable bonds is 7. The van der Waals surface area contributed by atoms with E-state index in [1.165, 1.54) is 12.8 Å². The third-order valence-corrected chi connectivity index (χ3v) is 4.31. The van der Waals surface area contributed by atoms with E-state index in [0.717, 1.165) is 38.2 Å². The molecule has 1 atom stereocenters. The van der Waals surface area contributed by atoms with E-state index in [9.17, 15) is 5.11 Å². The van der Waals surface area contributed by atoms with Gasteiger partial charge in [0.25, 0.3) is 0 Å². The third-order valence-electron chi connectivity index (χ3n) is 4.31. The highest BCUT2D eigenvalue weighted by atomic mass is 35.5. The van der Waals surface area contributed by atoms with Crippen LogP contribution < -0.4 is 14.8 Å². The summed E-state index contributed by atoms with van der Waals surface area (Å²) in [4.78, 5) is 2.51. The summed E-state index contributed by atoms with van der Waals surface area (Å²) >= 11 is 0. The molecule has 2 rings (SSSR count). The van der Waals surface area contributed by atoms with Crippen LogP contribution in [-0.4, -0.2) is 50.4 Å². The van der Waals surface area contributed by atoms with Gasteiger partial charge in [-0.1, -0.05) is 19.8 Å². The van der Waals surface area contributed by atoms with Crippen molar-refractivity contribution in [1.82, 2.24) is 10.2 Å². The Labute approximate surface area is 157 Å². The summed E-state index contributed by atoms with van der Waals surface area (Å²) in [6.45, 7) is 6.34. The van der Waals surface area contributed by atoms with Gasteiger partial charge in [-0.25, -0.2) is 0 Å². The standard InChI is InChI=1S/C17H28N2O3.2ClH/c1-4-5-6-14(19-9-7-18-8-10-19)13-11-15(21-2)17(20)16(12-13)22-3;;/h11-12,14,18,20H,4-10H2,1-3H3;2*1H/t14-;;/m1../s1. The zero-order valence-corrected chi connectivity index (χ0v) is 16.3.